The van der Waals surface area contributed by atoms with E-state index in [9.17, 15) is 9.18 Å². The van der Waals surface area contributed by atoms with Gasteiger partial charge in [0.15, 0.2) is 12.4 Å². The second kappa shape index (κ2) is 3.17. The lowest BCUT2D eigenvalue weighted by molar-refractivity contribution is -0.114. The number of hydrogen-bond donors (Lipinski definition) is 0. The summed E-state index contributed by atoms with van der Waals surface area (Å²) in [7, 11) is 0. The minimum Gasteiger partial charge on any atom is -0.483 e. The van der Waals surface area contributed by atoms with Crippen LogP contribution in [-0.4, -0.2) is 12.4 Å². The number of carbonyl (C=O) groups excluding carboxylic acids is 1. The summed E-state index contributed by atoms with van der Waals surface area (Å²) in [5.41, 5.74) is 0.845. The Bertz CT molecular complexity index is 336. The molecule has 0 N–H and O–H groups in total. The number of aldehydes is 1. The zero-order valence-corrected chi connectivity index (χ0v) is 7.00. The van der Waals surface area contributed by atoms with Crippen molar-refractivity contribution in [3.05, 3.63) is 29.6 Å². The predicted octanol–water partition coefficient (Wildman–Crippen LogP) is 1.72. The molecule has 13 heavy (non-hydrogen) atoms. The van der Waals surface area contributed by atoms with Gasteiger partial charge in [-0.1, -0.05) is 0 Å². The van der Waals surface area contributed by atoms with Gasteiger partial charge in [0.05, 0.1) is 0 Å². The minimum absolute atomic E-state index is 0.257. The number of hydrogen-bond acceptors (Lipinski definition) is 2. The summed E-state index contributed by atoms with van der Waals surface area (Å²) in [6, 6.07) is 4.36. The van der Waals surface area contributed by atoms with E-state index in [1.807, 2.05) is 0 Å². The third-order valence-electron chi connectivity index (χ3n) is 2.15. The molecular weight excluding hydrogens is 171 g/mol. The first-order valence-electron chi connectivity index (χ1n) is 4.20. The van der Waals surface area contributed by atoms with E-state index < -0.39 is 0 Å². The molecule has 1 aromatic carbocycles. The number of carbonyl (C=O) groups is 1. The van der Waals surface area contributed by atoms with Crippen molar-refractivity contribution in [1.29, 1.82) is 0 Å². The van der Waals surface area contributed by atoms with E-state index in [2.05, 4.69) is 0 Å². The Labute approximate surface area is 75.3 Å². The third kappa shape index (κ3) is 1.54. The smallest absolute Gasteiger partial charge is 0.160 e. The van der Waals surface area contributed by atoms with Crippen LogP contribution in [0.2, 0.25) is 0 Å². The molecule has 1 aliphatic heterocycles. The number of fused-ring (bicyclic) bond motifs is 1. The summed E-state index contributed by atoms with van der Waals surface area (Å²) < 4.78 is 18.0. The molecule has 0 saturated carbocycles. The van der Waals surface area contributed by atoms with Gasteiger partial charge in [-0.05, 0) is 36.6 Å². The van der Waals surface area contributed by atoms with Crippen LogP contribution in [0.1, 0.15) is 12.0 Å². The SMILES string of the molecule is O=C[C@H]1CCc2cc(F)ccc2O1. The second-order valence-corrected chi connectivity index (χ2v) is 3.08. The van der Waals surface area contributed by atoms with Crippen molar-refractivity contribution in [2.45, 2.75) is 18.9 Å². The van der Waals surface area contributed by atoms with Gasteiger partial charge < -0.3 is 4.74 Å². The highest BCUT2D eigenvalue weighted by Gasteiger charge is 2.18. The molecule has 0 spiro atoms. The minimum atomic E-state index is -0.363. The van der Waals surface area contributed by atoms with Crippen LogP contribution >= 0.6 is 0 Å². The van der Waals surface area contributed by atoms with Crippen molar-refractivity contribution in [3.63, 3.8) is 0 Å². The molecule has 1 atom stereocenters. The number of rotatable bonds is 1. The fourth-order valence-electron chi connectivity index (χ4n) is 1.47. The van der Waals surface area contributed by atoms with Crippen molar-refractivity contribution in [2.75, 3.05) is 0 Å². The Morgan fingerprint density at radius 1 is 1.54 bits per heavy atom. The standard InChI is InChI=1S/C10H9FO2/c11-8-2-4-10-7(5-8)1-3-9(6-12)13-10/h2,4-6,9H,1,3H2/t9-/m1/s1. The van der Waals surface area contributed by atoms with Crippen LogP contribution in [0.5, 0.6) is 5.75 Å². The van der Waals surface area contributed by atoms with Gasteiger partial charge in [0.25, 0.3) is 0 Å². The molecule has 0 saturated heterocycles. The van der Waals surface area contributed by atoms with Crippen molar-refractivity contribution >= 4 is 6.29 Å². The molecule has 0 aromatic heterocycles. The highest BCUT2D eigenvalue weighted by atomic mass is 19.1. The largest absolute Gasteiger partial charge is 0.483 e. The Morgan fingerprint density at radius 2 is 2.38 bits per heavy atom. The Kier molecular flexibility index (Phi) is 2.00. The van der Waals surface area contributed by atoms with Gasteiger partial charge in [-0.15, -0.1) is 0 Å². The average Bonchev–Trinajstić information content (AvgIpc) is 2.17. The second-order valence-electron chi connectivity index (χ2n) is 3.08. The summed E-state index contributed by atoms with van der Waals surface area (Å²) in [4.78, 5) is 10.4. The number of aryl methyl sites for hydroxylation is 1. The molecule has 2 nitrogen and oxygen atoms in total. The monoisotopic (exact) mass is 180 g/mol. The highest BCUT2D eigenvalue weighted by molar-refractivity contribution is 5.58. The molecule has 0 bridgehead atoms. The first kappa shape index (κ1) is 8.23. The zero-order chi connectivity index (χ0) is 9.26. The lowest BCUT2D eigenvalue weighted by Crippen LogP contribution is -2.23. The van der Waals surface area contributed by atoms with E-state index in [-0.39, 0.29) is 11.9 Å². The van der Waals surface area contributed by atoms with Crippen molar-refractivity contribution in [3.8, 4) is 5.75 Å². The van der Waals surface area contributed by atoms with E-state index in [4.69, 9.17) is 4.74 Å². The van der Waals surface area contributed by atoms with E-state index in [0.29, 0.717) is 18.6 Å². The molecule has 2 rings (SSSR count). The first-order chi connectivity index (χ1) is 6.29. The summed E-state index contributed by atoms with van der Waals surface area (Å²) in [5, 5.41) is 0. The van der Waals surface area contributed by atoms with Crippen LogP contribution in [-0.2, 0) is 11.2 Å². The van der Waals surface area contributed by atoms with Crippen LogP contribution in [0.4, 0.5) is 4.39 Å². The third-order valence-corrected chi connectivity index (χ3v) is 2.15. The van der Waals surface area contributed by atoms with Gasteiger partial charge in [-0.2, -0.15) is 0 Å². The summed E-state index contributed by atoms with van der Waals surface area (Å²) in [6.45, 7) is 0. The summed E-state index contributed by atoms with van der Waals surface area (Å²) in [5.74, 6) is 0.372. The molecule has 1 heterocycles. The van der Waals surface area contributed by atoms with Gasteiger partial charge >= 0.3 is 0 Å². The molecule has 0 amide bonds. The zero-order valence-electron chi connectivity index (χ0n) is 7.00. The molecular formula is C10H9FO2. The van der Waals surface area contributed by atoms with E-state index in [0.717, 1.165) is 11.8 Å². The maximum absolute atomic E-state index is 12.7. The van der Waals surface area contributed by atoms with E-state index >= 15 is 0 Å². The Morgan fingerprint density at radius 3 is 3.15 bits per heavy atom. The van der Waals surface area contributed by atoms with Gasteiger partial charge in [-0.25, -0.2) is 4.39 Å². The van der Waals surface area contributed by atoms with Crippen molar-refractivity contribution in [2.24, 2.45) is 0 Å². The molecule has 68 valence electrons. The first-order valence-corrected chi connectivity index (χ1v) is 4.20. The van der Waals surface area contributed by atoms with E-state index in [1.54, 1.807) is 6.07 Å². The van der Waals surface area contributed by atoms with Crippen LogP contribution in [0.15, 0.2) is 18.2 Å². The van der Waals surface area contributed by atoms with Crippen LogP contribution < -0.4 is 4.74 Å². The van der Waals surface area contributed by atoms with Crippen LogP contribution in [0.25, 0.3) is 0 Å². The fraction of sp³-hybridized carbons (Fsp3) is 0.300. The molecule has 1 aromatic rings. The normalized spacial score (nSPS) is 20.2. The average molecular weight is 180 g/mol. The lowest BCUT2D eigenvalue weighted by atomic mass is 10.0. The van der Waals surface area contributed by atoms with Gasteiger partial charge in [-0.3, -0.25) is 4.79 Å². The highest BCUT2D eigenvalue weighted by Crippen LogP contribution is 2.27. The number of halogens is 1. The summed E-state index contributed by atoms with van der Waals surface area (Å²) in [6.07, 6.45) is 1.76. The van der Waals surface area contributed by atoms with Gasteiger partial charge in [0.1, 0.15) is 11.6 Å². The maximum Gasteiger partial charge on any atom is 0.160 e. The van der Waals surface area contributed by atoms with Gasteiger partial charge in [0, 0.05) is 0 Å². The molecule has 0 unspecified atom stereocenters. The van der Waals surface area contributed by atoms with E-state index in [1.165, 1.54) is 12.1 Å². The number of benzene rings is 1. The Balaban J connectivity index is 2.31. The molecule has 1 aliphatic rings. The van der Waals surface area contributed by atoms with Gasteiger partial charge in [0.2, 0.25) is 0 Å². The van der Waals surface area contributed by atoms with Crippen molar-refractivity contribution in [1.82, 2.24) is 0 Å². The summed E-state index contributed by atoms with van der Waals surface area (Å²) >= 11 is 0. The van der Waals surface area contributed by atoms with Crippen LogP contribution in [0.3, 0.4) is 0 Å². The quantitative estimate of drug-likeness (QED) is 0.615. The topological polar surface area (TPSA) is 26.3 Å². The Hall–Kier alpha value is -1.38. The predicted molar refractivity (Wildman–Crippen MR) is 45.2 cm³/mol. The van der Waals surface area contributed by atoms with Crippen LogP contribution in [0, 0.1) is 5.82 Å². The lowest BCUT2D eigenvalue weighted by Gasteiger charge is -2.21. The van der Waals surface area contributed by atoms with Crippen molar-refractivity contribution < 1.29 is 13.9 Å². The fourth-order valence-corrected chi connectivity index (χ4v) is 1.47. The maximum atomic E-state index is 12.7. The number of ether oxygens (including phenoxy) is 1. The molecule has 3 heteroatoms. The molecule has 0 aliphatic carbocycles. The molecule has 0 fully saturated rings. The molecule has 0 radical (unpaired) electrons.